The Morgan fingerprint density at radius 3 is 0.860 bits per heavy atom. The number of aryl methyl sites for hydroxylation is 9. The lowest BCUT2D eigenvalue weighted by atomic mass is 9.88. The Hall–Kier alpha value is -15.6. The van der Waals surface area contributed by atoms with Crippen LogP contribution in [0.4, 0.5) is 22.7 Å². The third kappa shape index (κ3) is 17.0. The van der Waals surface area contributed by atoms with Gasteiger partial charge >= 0.3 is 0 Å². The quantitative estimate of drug-likeness (QED) is 0.0954. The summed E-state index contributed by atoms with van der Waals surface area (Å²) in [6, 6.07) is 64.0. The van der Waals surface area contributed by atoms with Gasteiger partial charge in [-0.1, -0.05) is 272 Å². The van der Waals surface area contributed by atoms with Crippen LogP contribution in [0.3, 0.4) is 0 Å². The van der Waals surface area contributed by atoms with Gasteiger partial charge in [-0.25, -0.2) is 23.9 Å². The van der Waals surface area contributed by atoms with Crippen LogP contribution >= 0.6 is 0 Å². The first-order chi connectivity index (χ1) is 71.4. The molecule has 0 aliphatic carbocycles. The van der Waals surface area contributed by atoms with E-state index in [0.29, 0.717) is 129 Å². The monoisotopic (exact) mass is 1800 g/mol. The Balaban J connectivity index is 0.000000144. The zero-order chi connectivity index (χ0) is 110. The lowest BCUT2D eigenvalue weighted by molar-refractivity contribution is -0.667. The minimum Gasteiger partial charge on any atom is -0.456 e. The molecule has 0 fully saturated rings. The van der Waals surface area contributed by atoms with Gasteiger partial charge in [-0.2, -0.15) is 13.7 Å². The van der Waals surface area contributed by atoms with Gasteiger partial charge in [0.15, 0.2) is 46.0 Å². The highest BCUT2D eigenvalue weighted by Crippen LogP contribution is 2.51. The summed E-state index contributed by atoms with van der Waals surface area (Å²) in [6.07, 6.45) is 0.0541. The summed E-state index contributed by atoms with van der Waals surface area (Å²) >= 11 is 0. The third-order valence-corrected chi connectivity index (χ3v) is 25.8. The fourth-order valence-electron chi connectivity index (χ4n) is 18.2. The highest BCUT2D eigenvalue weighted by molar-refractivity contribution is 6.19. The molecule has 0 spiro atoms. The number of furan rings is 4. The minimum absolute atomic E-state index is 0. The lowest BCUT2D eigenvalue weighted by Crippen LogP contribution is -2.36. The maximum Gasteiger partial charge on any atom is 0.216 e. The molecule has 20 aromatic rings. The van der Waals surface area contributed by atoms with Gasteiger partial charge in [0, 0.05) is 146 Å². The van der Waals surface area contributed by atoms with E-state index in [0.717, 1.165) is 143 Å². The van der Waals surface area contributed by atoms with Gasteiger partial charge in [-0.05, 0) is 154 Å². The van der Waals surface area contributed by atoms with Gasteiger partial charge in [0.2, 0.25) is 22.8 Å². The van der Waals surface area contributed by atoms with Crippen molar-refractivity contribution in [2.45, 2.75) is 157 Å². The lowest BCUT2D eigenvalue weighted by Gasteiger charge is -2.17. The van der Waals surface area contributed by atoms with Gasteiger partial charge in [0.1, 0.15) is 72.9 Å². The molecule has 20 rings (SSSR count). The van der Waals surface area contributed by atoms with E-state index in [1.807, 2.05) is 288 Å². The van der Waals surface area contributed by atoms with Crippen LogP contribution in [-0.2, 0) is 34.6 Å². The molecule has 1 unspecified atom stereocenters. The molecular weight excluding hydrogens is 1670 g/mol. The molecule has 0 aliphatic rings. The molecule has 0 bridgehead atoms. The number of rotatable bonds is 11. The Morgan fingerprint density at radius 1 is 0.324 bits per heavy atom. The predicted octanol–water partition coefficient (Wildman–Crippen LogP) is 33.4. The summed E-state index contributed by atoms with van der Waals surface area (Å²) in [5, 5.41) is 6.97. The average molecular weight is 1800 g/mol. The van der Waals surface area contributed by atoms with Gasteiger partial charge in [-0.15, -0.1) is 0 Å². The van der Waals surface area contributed by atoms with E-state index in [1.165, 1.54) is 6.92 Å². The highest BCUT2D eigenvalue weighted by Gasteiger charge is 2.32. The molecule has 12 aromatic carbocycles. The predicted molar refractivity (Wildman–Crippen MR) is 563 cm³/mol. The molecule has 12 nitrogen and oxygen atoms in total. The van der Waals surface area contributed by atoms with Crippen molar-refractivity contribution in [2.24, 2.45) is 33.6 Å². The van der Waals surface area contributed by atoms with Crippen LogP contribution in [0.15, 0.2) is 266 Å². The minimum atomic E-state index is -2.68. The number of pyridine rings is 4. The normalized spacial score (nSPS) is 14.0. The Morgan fingerprint density at radius 2 is 0.588 bits per heavy atom. The molecule has 8 heterocycles. The molecule has 0 N–H and O–H groups in total. The smallest absolute Gasteiger partial charge is 0.216 e. The van der Waals surface area contributed by atoms with Crippen molar-refractivity contribution in [3.05, 3.63) is 378 Å². The second kappa shape index (κ2) is 37.5. The Kier molecular flexibility index (Phi) is 20.4. The van der Waals surface area contributed by atoms with Gasteiger partial charge < -0.3 is 17.7 Å². The molecule has 0 radical (unpaired) electrons. The number of hydrogen-bond acceptors (Lipinski definition) is 4. The summed E-state index contributed by atoms with van der Waals surface area (Å²) in [6.45, 7) is 57.4. The van der Waals surface area contributed by atoms with Crippen LogP contribution in [0, 0.1) is 115 Å². The maximum absolute atomic E-state index is 9.01. The molecular formula is C124H118N8O4+4. The van der Waals surface area contributed by atoms with Crippen LogP contribution in [0.1, 0.15) is 175 Å². The standard InChI is InChI=1S/C32H31N2O.2C31H29N2O.C29H25N2O.CH4/c1-20-8-12-23(13-9-20)29-26(33-6)16-15-25-24-14-10-21(2)28(30(24)35-31(25)29)27-17-11-22(19-34(27)7)18-32(3,4)5;2*1-18(2)23-15-17-27(33(7)21(23)5)28-20(4)10-13-24-25-14-16-26(32-6)29(31(25)34-30(24)28)22-11-8-19(3)9-12-22;1-17-7-11-21(12-8-17)27-24(30-5)15-14-23-22-13-9-19(3)26(28(22)32-29(23)27)25-16-10-18(2)20(4)31(25)6;/h8-17,19H,18H2,1-5,7H3;2*8-18H,1-5,7H3;7-16H,1-4,6H3;1H4/q4*+1;/i11D,18D2;1D3,15D,17D,18D;15D,17D,18D;2D3,10D,16D;. The van der Waals surface area contributed by atoms with E-state index in [2.05, 4.69) is 19.4 Å². The molecule has 8 aromatic heterocycles. The summed E-state index contributed by atoms with van der Waals surface area (Å²) in [7, 11) is 7.20. The largest absolute Gasteiger partial charge is 0.456 e. The van der Waals surface area contributed by atoms with E-state index >= 15 is 0 Å². The van der Waals surface area contributed by atoms with Gasteiger partial charge in [-0.3, -0.25) is 0 Å². The van der Waals surface area contributed by atoms with Crippen LogP contribution < -0.4 is 18.3 Å². The molecule has 136 heavy (non-hydrogen) atoms. The van der Waals surface area contributed by atoms with Crippen molar-refractivity contribution in [1.29, 1.82) is 0 Å². The summed E-state index contributed by atoms with van der Waals surface area (Å²) < 4.78 is 177. The summed E-state index contributed by atoms with van der Waals surface area (Å²) in [4.78, 5) is 15.1. The zero-order valence-corrected chi connectivity index (χ0v) is 79.8. The number of aromatic nitrogens is 4. The Labute approximate surface area is 823 Å². The maximum atomic E-state index is 9.01. The molecule has 0 saturated heterocycles. The number of nitrogens with zero attached hydrogens (tertiary/aromatic N) is 8. The molecule has 0 saturated carbocycles. The zero-order valence-electron chi connectivity index (χ0n) is 96.8. The second-order valence-corrected chi connectivity index (χ2v) is 36.4. The van der Waals surface area contributed by atoms with Crippen molar-refractivity contribution < 1.29 is 59.2 Å². The van der Waals surface area contributed by atoms with Crippen LogP contribution in [0.5, 0.6) is 0 Å². The van der Waals surface area contributed by atoms with Crippen molar-refractivity contribution >= 4 is 111 Å². The number of fused-ring (bicyclic) bond motifs is 12. The first-order valence-corrected chi connectivity index (χ1v) is 44.7. The van der Waals surface area contributed by atoms with Crippen LogP contribution in [0.2, 0.25) is 0 Å². The SMILES string of the molecule is C.[2H]c1c([2H])c(-c2c(C)ccc3c2oc2c(-c4ccc(C)cc4)c([N+]#[C-])ccc23)[n+](C)c(C)c1C([2H])(C)C.[2H]c1c([2H])c(-c2c(C)ccc3c2oc2c(-c4ccc(C)cc4)c([N+]#[C-])ccc23)[n+](C)c(C)c1C([2H])(C)C([2H])([2H])[2H].[2H]c1c([2H])c(-c2c(C)ccc3c2oc2c(-c4ccc(C)cc4)c([N+]#[C-])ccc23)[n+](C)c(C)c1C([2H])([2H])[2H].[2H]c1cc(-c2c(C)ccc3c2oc2c(-c4ccc(C)cc4)c([N+]#[C-])ccc23)[n+](C)cc1C([2H])([2H])C(C)(C)C. The van der Waals surface area contributed by atoms with Crippen molar-refractivity contribution in [3.8, 4) is 89.5 Å². The van der Waals surface area contributed by atoms with Crippen molar-refractivity contribution in [3.63, 3.8) is 0 Å². The molecule has 12 heteroatoms. The van der Waals surface area contributed by atoms with E-state index in [9.17, 15) is 0 Å². The Bertz CT molecular complexity index is 8980. The third-order valence-electron chi connectivity index (χ3n) is 25.8. The van der Waals surface area contributed by atoms with Gasteiger partial charge in [0.05, 0.1) is 58.1 Å². The van der Waals surface area contributed by atoms with Crippen LogP contribution in [-0.4, -0.2) is 0 Å². The first-order valence-electron chi connectivity index (χ1n) is 53.2. The average Bonchev–Trinajstić information content (AvgIpc) is 1.70. The molecule has 0 aliphatic heterocycles. The molecule has 0 amide bonds. The second-order valence-electron chi connectivity index (χ2n) is 36.4. The fraction of sp³-hybridized carbons (Fsp3) is 0.226. The summed E-state index contributed by atoms with van der Waals surface area (Å²) in [5.41, 5.74) is 28.1. The number of hydrogen-bond donors (Lipinski definition) is 0. The van der Waals surface area contributed by atoms with Crippen molar-refractivity contribution in [2.75, 3.05) is 0 Å². The van der Waals surface area contributed by atoms with Crippen LogP contribution in [0.25, 0.3) is 197 Å². The van der Waals surface area contributed by atoms with E-state index in [4.69, 9.17) is 67.3 Å². The van der Waals surface area contributed by atoms with E-state index in [1.54, 1.807) is 75.3 Å². The molecule has 1 atom stereocenters. The molecule has 674 valence electrons. The summed E-state index contributed by atoms with van der Waals surface area (Å²) in [5.74, 6) is -3.08. The van der Waals surface area contributed by atoms with E-state index < -0.39 is 37.3 Å². The topological polar surface area (TPSA) is 85.5 Å². The van der Waals surface area contributed by atoms with Gasteiger partial charge in [0.25, 0.3) is 0 Å². The number of benzene rings is 12. The highest BCUT2D eigenvalue weighted by atomic mass is 16.3. The van der Waals surface area contributed by atoms with E-state index in [-0.39, 0.29) is 60.9 Å². The van der Waals surface area contributed by atoms with Crippen molar-refractivity contribution in [1.82, 2.24) is 0 Å². The fourth-order valence-corrected chi connectivity index (χ4v) is 18.2. The first kappa shape index (κ1) is 73.9.